The Balaban J connectivity index is 1.33. The zero-order chi connectivity index (χ0) is 22.0. The van der Waals surface area contributed by atoms with Crippen LogP contribution in [0.4, 0.5) is 5.00 Å². The lowest BCUT2D eigenvalue weighted by Crippen LogP contribution is -2.56. The number of thiophene rings is 1. The van der Waals surface area contributed by atoms with Gasteiger partial charge in [0.2, 0.25) is 5.91 Å². The van der Waals surface area contributed by atoms with Crippen LogP contribution in [0.3, 0.4) is 0 Å². The van der Waals surface area contributed by atoms with Crippen molar-refractivity contribution in [1.29, 1.82) is 5.26 Å². The molecule has 1 aliphatic heterocycles. The summed E-state index contributed by atoms with van der Waals surface area (Å²) < 4.78 is 0. The summed E-state index contributed by atoms with van der Waals surface area (Å²) in [5, 5.41) is 16.0. The molecule has 166 valence electrons. The van der Waals surface area contributed by atoms with E-state index < -0.39 is 11.8 Å². The summed E-state index contributed by atoms with van der Waals surface area (Å²) in [7, 11) is 0. The van der Waals surface area contributed by atoms with Gasteiger partial charge in [0.25, 0.3) is 0 Å². The summed E-state index contributed by atoms with van der Waals surface area (Å²) >= 11 is 1.54. The zero-order valence-electron chi connectivity index (χ0n) is 17.9. The summed E-state index contributed by atoms with van der Waals surface area (Å²) in [5.74, 6) is -1.15. The summed E-state index contributed by atoms with van der Waals surface area (Å²) in [6.07, 6.45) is 7.17. The van der Waals surface area contributed by atoms with E-state index in [1.807, 2.05) is 11.8 Å². The van der Waals surface area contributed by atoms with Crippen molar-refractivity contribution in [1.82, 2.24) is 15.1 Å². The van der Waals surface area contributed by atoms with Crippen LogP contribution in [0.25, 0.3) is 0 Å². The van der Waals surface area contributed by atoms with Gasteiger partial charge in [-0.3, -0.25) is 19.3 Å². The number of hydrogen-bond donors (Lipinski definition) is 2. The molecule has 2 fully saturated rings. The highest BCUT2D eigenvalue weighted by atomic mass is 32.1. The molecule has 3 aliphatic rings. The number of fused-ring (bicyclic) bond motifs is 1. The Morgan fingerprint density at radius 2 is 1.81 bits per heavy atom. The highest BCUT2D eigenvalue weighted by Gasteiger charge is 2.33. The number of rotatable bonds is 4. The predicted octanol–water partition coefficient (Wildman–Crippen LogP) is 1.64. The van der Waals surface area contributed by atoms with Crippen LogP contribution in [0, 0.1) is 11.3 Å². The van der Waals surface area contributed by atoms with Crippen molar-refractivity contribution < 1.29 is 14.4 Å². The van der Waals surface area contributed by atoms with Crippen molar-refractivity contribution >= 4 is 34.1 Å². The van der Waals surface area contributed by atoms with Crippen LogP contribution in [0.2, 0.25) is 0 Å². The molecule has 4 rings (SSSR count). The van der Waals surface area contributed by atoms with E-state index in [4.69, 9.17) is 0 Å². The van der Waals surface area contributed by atoms with E-state index in [1.165, 1.54) is 22.6 Å². The highest BCUT2D eigenvalue weighted by molar-refractivity contribution is 7.16. The smallest absolute Gasteiger partial charge is 0.311 e. The van der Waals surface area contributed by atoms with Crippen molar-refractivity contribution in [2.24, 2.45) is 0 Å². The van der Waals surface area contributed by atoms with Crippen molar-refractivity contribution in [3.8, 4) is 6.07 Å². The number of nitriles is 1. The Morgan fingerprint density at radius 3 is 2.48 bits per heavy atom. The van der Waals surface area contributed by atoms with Crippen LogP contribution < -0.4 is 10.6 Å². The number of hydrogen-bond acceptors (Lipinski definition) is 6. The average molecular weight is 444 g/mol. The lowest BCUT2D eigenvalue weighted by atomic mass is 10.1. The largest absolute Gasteiger partial charge is 0.345 e. The number of nitrogens with one attached hydrogen (secondary N) is 2. The van der Waals surface area contributed by atoms with Crippen molar-refractivity contribution in [2.75, 3.05) is 31.5 Å². The lowest BCUT2D eigenvalue weighted by Gasteiger charge is -2.37. The van der Waals surface area contributed by atoms with Gasteiger partial charge in [0.15, 0.2) is 0 Å². The molecule has 1 aromatic heterocycles. The summed E-state index contributed by atoms with van der Waals surface area (Å²) in [4.78, 5) is 42.0. The third kappa shape index (κ3) is 4.91. The van der Waals surface area contributed by atoms with E-state index in [0.717, 1.165) is 44.1 Å². The van der Waals surface area contributed by atoms with Gasteiger partial charge < -0.3 is 15.5 Å². The molecule has 3 amide bonds. The predicted molar refractivity (Wildman–Crippen MR) is 118 cm³/mol. The van der Waals surface area contributed by atoms with E-state index >= 15 is 0 Å². The molecule has 1 saturated carbocycles. The third-order valence-electron chi connectivity index (χ3n) is 6.41. The van der Waals surface area contributed by atoms with Gasteiger partial charge in [-0.25, -0.2) is 0 Å². The summed E-state index contributed by atoms with van der Waals surface area (Å²) in [6.45, 7) is 3.75. The number of carbonyl (C=O) groups excluding carboxylic acids is 3. The first kappa shape index (κ1) is 21.8. The van der Waals surface area contributed by atoms with E-state index in [-0.39, 0.29) is 18.0 Å². The molecule has 8 nitrogen and oxygen atoms in total. The van der Waals surface area contributed by atoms with Gasteiger partial charge in [0.05, 0.1) is 11.6 Å². The number of amides is 3. The first-order chi connectivity index (χ1) is 15.0. The number of anilines is 1. The van der Waals surface area contributed by atoms with Gasteiger partial charge in [0, 0.05) is 37.1 Å². The molecule has 2 heterocycles. The maximum Gasteiger partial charge on any atom is 0.311 e. The molecule has 0 radical (unpaired) electrons. The maximum atomic E-state index is 12.9. The van der Waals surface area contributed by atoms with E-state index in [2.05, 4.69) is 16.7 Å². The van der Waals surface area contributed by atoms with Gasteiger partial charge in [-0.05, 0) is 51.0 Å². The lowest BCUT2D eigenvalue weighted by molar-refractivity contribution is -0.147. The molecule has 0 spiro atoms. The Labute approximate surface area is 186 Å². The number of carbonyl (C=O) groups is 3. The Hall–Kier alpha value is -2.44. The standard InChI is InChI=1S/C22H29N5O3S/c1-14(26-9-11-27(12-10-26)22(30)20(29)24-15-7-8-15)19(28)25-21-17(13-23)16-5-3-2-4-6-18(16)31-21/h14-15H,2-12H2,1H3,(H,24,29)(H,25,28). The normalized spacial score (nSPS) is 20.2. The van der Waals surface area contributed by atoms with Gasteiger partial charge in [0.1, 0.15) is 11.1 Å². The third-order valence-corrected chi connectivity index (χ3v) is 7.61. The van der Waals surface area contributed by atoms with E-state index in [1.54, 1.807) is 4.90 Å². The van der Waals surface area contributed by atoms with E-state index in [9.17, 15) is 19.6 Å². The minimum absolute atomic E-state index is 0.140. The second-order valence-electron chi connectivity index (χ2n) is 8.62. The quantitative estimate of drug-likeness (QED) is 0.544. The van der Waals surface area contributed by atoms with Crippen LogP contribution in [0.15, 0.2) is 0 Å². The van der Waals surface area contributed by atoms with Crippen LogP contribution in [0.1, 0.15) is 55.0 Å². The fourth-order valence-electron chi connectivity index (χ4n) is 4.26. The highest BCUT2D eigenvalue weighted by Crippen LogP contribution is 2.37. The molecule has 9 heteroatoms. The first-order valence-corrected chi connectivity index (χ1v) is 12.0. The fourth-order valence-corrected chi connectivity index (χ4v) is 5.50. The minimum atomic E-state index is -0.525. The van der Waals surface area contributed by atoms with Crippen molar-refractivity contribution in [2.45, 2.75) is 64.0 Å². The molecule has 1 aromatic rings. The van der Waals surface area contributed by atoms with Gasteiger partial charge in [-0.1, -0.05) is 6.42 Å². The number of piperazine rings is 1. The second-order valence-corrected chi connectivity index (χ2v) is 9.73. The maximum absolute atomic E-state index is 12.9. The molecule has 1 saturated heterocycles. The number of aryl methyl sites for hydroxylation is 1. The summed E-state index contributed by atoms with van der Waals surface area (Å²) in [6, 6.07) is 2.08. The van der Waals surface area contributed by atoms with Crippen LogP contribution in [-0.4, -0.2) is 65.8 Å². The topological polar surface area (TPSA) is 106 Å². The molecular formula is C22H29N5O3S. The van der Waals surface area contributed by atoms with Crippen LogP contribution in [-0.2, 0) is 27.2 Å². The molecule has 2 N–H and O–H groups in total. The summed E-state index contributed by atoms with van der Waals surface area (Å²) in [5.41, 5.74) is 1.74. The fraction of sp³-hybridized carbons (Fsp3) is 0.636. The Bertz CT molecular complexity index is 909. The SMILES string of the molecule is CC(C(=O)Nc1sc2c(c1C#N)CCCCC2)N1CCN(C(=O)C(=O)NC2CC2)CC1. The molecule has 0 aromatic carbocycles. The number of nitrogens with zero attached hydrogens (tertiary/aromatic N) is 3. The minimum Gasteiger partial charge on any atom is -0.345 e. The molecular weight excluding hydrogens is 414 g/mol. The average Bonchev–Trinajstić information content (AvgIpc) is 3.57. The Kier molecular flexibility index (Phi) is 6.58. The molecule has 0 bridgehead atoms. The monoisotopic (exact) mass is 443 g/mol. The van der Waals surface area contributed by atoms with Gasteiger partial charge in [-0.2, -0.15) is 5.26 Å². The molecule has 2 aliphatic carbocycles. The molecule has 31 heavy (non-hydrogen) atoms. The van der Waals surface area contributed by atoms with E-state index in [0.29, 0.717) is 36.7 Å². The van der Waals surface area contributed by atoms with Gasteiger partial charge >= 0.3 is 11.8 Å². The van der Waals surface area contributed by atoms with Crippen LogP contribution >= 0.6 is 11.3 Å². The molecule has 1 unspecified atom stereocenters. The van der Waals surface area contributed by atoms with Crippen molar-refractivity contribution in [3.63, 3.8) is 0 Å². The van der Waals surface area contributed by atoms with Crippen molar-refractivity contribution in [3.05, 3.63) is 16.0 Å². The molecule has 1 atom stereocenters. The van der Waals surface area contributed by atoms with Gasteiger partial charge in [-0.15, -0.1) is 11.3 Å². The second kappa shape index (κ2) is 9.37. The Morgan fingerprint density at radius 1 is 1.10 bits per heavy atom. The first-order valence-electron chi connectivity index (χ1n) is 11.2. The van der Waals surface area contributed by atoms with Crippen LogP contribution in [0.5, 0.6) is 0 Å². The zero-order valence-corrected chi connectivity index (χ0v) is 18.7.